The molecule has 0 radical (unpaired) electrons. The van der Waals surface area contributed by atoms with Crippen LogP contribution in [0.2, 0.25) is 0 Å². The molecule has 2 heterocycles. The monoisotopic (exact) mass is 390 g/mol. The lowest BCUT2D eigenvalue weighted by Crippen LogP contribution is -2.08. The highest BCUT2D eigenvalue weighted by atomic mass is 32.2. The molecule has 2 aromatic rings. The molecular formula is C17H14N2O3S3. The van der Waals surface area contributed by atoms with Crippen LogP contribution >= 0.6 is 35.3 Å². The van der Waals surface area contributed by atoms with E-state index >= 15 is 0 Å². The van der Waals surface area contributed by atoms with Gasteiger partial charge >= 0.3 is 5.97 Å². The van der Waals surface area contributed by atoms with Crippen LogP contribution in [0, 0.1) is 3.95 Å². The van der Waals surface area contributed by atoms with Crippen molar-refractivity contribution in [1.82, 2.24) is 4.57 Å². The lowest BCUT2D eigenvalue weighted by Gasteiger charge is -2.12. The van der Waals surface area contributed by atoms with Gasteiger partial charge in [0.25, 0.3) is 0 Å². The number of para-hydroxylation sites is 1. The lowest BCUT2D eigenvalue weighted by atomic mass is 10.3. The maximum Gasteiger partial charge on any atom is 0.323 e. The number of thioether (sulfide) groups is 1. The number of benzene rings is 1. The number of anilines is 1. The largest absolute Gasteiger partial charge is 0.493 e. The van der Waals surface area contributed by atoms with Gasteiger partial charge in [-0.25, -0.2) is 0 Å². The van der Waals surface area contributed by atoms with Crippen molar-refractivity contribution in [2.75, 3.05) is 11.9 Å². The van der Waals surface area contributed by atoms with Crippen LogP contribution < -0.4 is 4.90 Å². The van der Waals surface area contributed by atoms with Gasteiger partial charge in [0.15, 0.2) is 3.95 Å². The number of carboxylic acid groups (broad SMARTS) is 1. The first-order valence-corrected chi connectivity index (χ1v) is 9.29. The summed E-state index contributed by atoms with van der Waals surface area (Å²) in [5, 5.41) is 20.0. The molecule has 5 nitrogen and oxygen atoms in total. The molecule has 0 amide bonds. The Morgan fingerprint density at radius 1 is 1.40 bits per heavy atom. The van der Waals surface area contributed by atoms with Crippen LogP contribution in [0.1, 0.15) is 4.88 Å². The summed E-state index contributed by atoms with van der Waals surface area (Å²) in [7, 11) is 2.01. The maximum atomic E-state index is 10.8. The zero-order valence-corrected chi connectivity index (χ0v) is 15.6. The summed E-state index contributed by atoms with van der Waals surface area (Å²) in [5.74, 6) is -1.20. The normalized spacial score (nSPS) is 14.3. The van der Waals surface area contributed by atoms with Crippen molar-refractivity contribution in [1.29, 1.82) is 0 Å². The molecule has 0 atom stereocenters. The first-order chi connectivity index (χ1) is 12.0. The van der Waals surface area contributed by atoms with Gasteiger partial charge in [0.2, 0.25) is 5.88 Å². The number of rotatable bonds is 4. The molecule has 0 bridgehead atoms. The van der Waals surface area contributed by atoms with E-state index in [9.17, 15) is 9.90 Å². The summed E-state index contributed by atoms with van der Waals surface area (Å²) >= 11 is 7.90. The second-order valence-electron chi connectivity index (χ2n) is 5.15. The van der Waals surface area contributed by atoms with Crippen LogP contribution in [-0.4, -0.2) is 27.8 Å². The predicted molar refractivity (Wildman–Crippen MR) is 104 cm³/mol. The zero-order chi connectivity index (χ0) is 18.0. The van der Waals surface area contributed by atoms with E-state index in [4.69, 9.17) is 17.3 Å². The minimum atomic E-state index is -1.05. The third kappa shape index (κ3) is 3.72. The summed E-state index contributed by atoms with van der Waals surface area (Å²) in [5.41, 5.74) is 4.15. The molecule has 0 aliphatic carbocycles. The molecule has 0 saturated heterocycles. The van der Waals surface area contributed by atoms with Crippen LogP contribution in [-0.2, 0) is 11.3 Å². The summed E-state index contributed by atoms with van der Waals surface area (Å²) < 4.78 is 1.50. The molecule has 2 N–H and O–H groups in total. The van der Waals surface area contributed by atoms with E-state index in [1.165, 1.54) is 9.46 Å². The third-order valence-electron chi connectivity index (χ3n) is 3.50. The maximum absolute atomic E-state index is 10.8. The van der Waals surface area contributed by atoms with E-state index in [0.29, 0.717) is 8.83 Å². The van der Waals surface area contributed by atoms with Gasteiger partial charge < -0.3 is 15.1 Å². The van der Waals surface area contributed by atoms with Crippen molar-refractivity contribution in [3.63, 3.8) is 0 Å². The second kappa shape index (κ2) is 7.33. The minimum absolute atomic E-state index is 0.147. The van der Waals surface area contributed by atoms with Crippen molar-refractivity contribution in [2.45, 2.75) is 11.4 Å². The van der Waals surface area contributed by atoms with Crippen LogP contribution in [0.5, 0.6) is 5.88 Å². The van der Waals surface area contributed by atoms with Crippen molar-refractivity contribution >= 4 is 53.0 Å². The molecule has 8 heteroatoms. The Hall–Kier alpha value is -2.25. The first-order valence-electron chi connectivity index (χ1n) is 7.25. The number of aliphatic carboxylic acids is 1. The van der Waals surface area contributed by atoms with Crippen molar-refractivity contribution in [3.8, 4) is 5.88 Å². The predicted octanol–water partition coefficient (Wildman–Crippen LogP) is 4.32. The lowest BCUT2D eigenvalue weighted by molar-refractivity contribution is -0.137. The molecule has 1 aliphatic heterocycles. The van der Waals surface area contributed by atoms with Gasteiger partial charge in [0.1, 0.15) is 6.54 Å². The number of hydrogen-bond acceptors (Lipinski definition) is 6. The van der Waals surface area contributed by atoms with Gasteiger partial charge in [-0.2, -0.15) is 0 Å². The standard InChI is InChI=1S/C17H14N2O3S3/c1-18-11-6-2-3-7-12(11)24-14(18)9-5-4-8-13-16(22)19(10-15(20)21)17(23)25-13/h2-3,5-9,22H,10H2,1H3,(H,20,21). The Morgan fingerprint density at radius 3 is 2.88 bits per heavy atom. The number of aromatic hydroxyl groups is 1. The van der Waals surface area contributed by atoms with E-state index < -0.39 is 5.97 Å². The minimum Gasteiger partial charge on any atom is -0.493 e. The number of hydrogen-bond donors (Lipinski definition) is 2. The molecule has 0 fully saturated rings. The highest BCUT2D eigenvalue weighted by Gasteiger charge is 2.20. The van der Waals surface area contributed by atoms with Crippen LogP contribution in [0.4, 0.5) is 5.69 Å². The highest BCUT2D eigenvalue weighted by Crippen LogP contribution is 2.44. The molecule has 3 rings (SSSR count). The Balaban J connectivity index is 1.80. The zero-order valence-electron chi connectivity index (χ0n) is 13.2. The van der Waals surface area contributed by atoms with Gasteiger partial charge in [-0.3, -0.25) is 9.36 Å². The molecule has 1 aliphatic rings. The number of carbonyl (C=O) groups is 1. The van der Waals surface area contributed by atoms with Gasteiger partial charge in [0, 0.05) is 18.0 Å². The number of thiazole rings is 1. The SMILES string of the molecule is CN1C(=CC=C=Cc2sc(=S)n(CC(=O)O)c2O)Sc2ccccc21. The topological polar surface area (TPSA) is 65.7 Å². The molecular weight excluding hydrogens is 376 g/mol. The number of aromatic nitrogens is 1. The van der Waals surface area contributed by atoms with Gasteiger partial charge in [-0.15, -0.1) is 17.1 Å². The van der Waals surface area contributed by atoms with Gasteiger partial charge in [-0.1, -0.05) is 23.9 Å². The Labute approximate surface area is 157 Å². The van der Waals surface area contributed by atoms with Crippen LogP contribution in [0.3, 0.4) is 0 Å². The summed E-state index contributed by atoms with van der Waals surface area (Å²) in [6.07, 6.45) is 5.29. The van der Waals surface area contributed by atoms with Crippen molar-refractivity contribution in [3.05, 3.63) is 56.0 Å². The van der Waals surface area contributed by atoms with E-state index in [2.05, 4.69) is 22.8 Å². The van der Waals surface area contributed by atoms with Gasteiger partial charge in [0.05, 0.1) is 15.6 Å². The quantitative estimate of drug-likeness (QED) is 0.599. The number of fused-ring (bicyclic) bond motifs is 1. The molecule has 1 aromatic carbocycles. The highest BCUT2D eigenvalue weighted by molar-refractivity contribution is 8.03. The molecule has 25 heavy (non-hydrogen) atoms. The number of nitrogens with zero attached hydrogens (tertiary/aromatic N) is 2. The average Bonchev–Trinajstić information content (AvgIpc) is 3.03. The smallest absolute Gasteiger partial charge is 0.323 e. The first kappa shape index (κ1) is 17.6. The fourth-order valence-electron chi connectivity index (χ4n) is 2.29. The van der Waals surface area contributed by atoms with Crippen LogP contribution in [0.25, 0.3) is 6.08 Å². The summed E-state index contributed by atoms with van der Waals surface area (Å²) in [4.78, 5) is 14.6. The number of carboxylic acids is 1. The van der Waals surface area contributed by atoms with E-state index in [0.717, 1.165) is 22.1 Å². The molecule has 0 unspecified atom stereocenters. The Bertz CT molecular complexity index is 981. The fourth-order valence-corrected chi connectivity index (χ4v) is 4.54. The Morgan fingerprint density at radius 2 is 2.16 bits per heavy atom. The Kier molecular flexibility index (Phi) is 5.15. The van der Waals surface area contributed by atoms with E-state index in [-0.39, 0.29) is 12.4 Å². The van der Waals surface area contributed by atoms with Crippen molar-refractivity contribution in [2.24, 2.45) is 0 Å². The molecule has 0 saturated carbocycles. The second-order valence-corrected chi connectivity index (χ2v) is 7.89. The average molecular weight is 391 g/mol. The van der Waals surface area contributed by atoms with E-state index in [1.807, 2.05) is 25.3 Å². The molecule has 128 valence electrons. The van der Waals surface area contributed by atoms with Gasteiger partial charge in [-0.05, 0) is 36.5 Å². The fraction of sp³-hybridized carbons (Fsp3) is 0.118. The van der Waals surface area contributed by atoms with Crippen molar-refractivity contribution < 1.29 is 15.0 Å². The third-order valence-corrected chi connectivity index (χ3v) is 6.07. The molecule has 0 spiro atoms. The number of allylic oxidation sites excluding steroid dienone is 2. The summed E-state index contributed by atoms with van der Waals surface area (Å²) in [6.45, 7) is -0.359. The molecule has 1 aromatic heterocycles. The van der Waals surface area contributed by atoms with E-state index in [1.54, 1.807) is 23.9 Å². The van der Waals surface area contributed by atoms with Crippen LogP contribution in [0.15, 0.2) is 52.1 Å². The summed E-state index contributed by atoms with van der Waals surface area (Å²) in [6, 6.07) is 8.16.